The molecule has 4 fully saturated rings. The van der Waals surface area contributed by atoms with E-state index in [1.807, 2.05) is 73.7 Å². The van der Waals surface area contributed by atoms with Gasteiger partial charge < -0.3 is 23.9 Å². The van der Waals surface area contributed by atoms with Crippen LogP contribution in [0.2, 0.25) is 5.02 Å². The van der Waals surface area contributed by atoms with Gasteiger partial charge in [-0.05, 0) is 135 Å². The van der Waals surface area contributed by atoms with Gasteiger partial charge in [0, 0.05) is 89.4 Å². The lowest BCUT2D eigenvalue weighted by atomic mass is 9.80. The number of allylic oxidation sites excluding steroid dienone is 1. The molecule has 0 spiro atoms. The smallest absolute Gasteiger partial charge is 0.311 e. The second kappa shape index (κ2) is 16.9. The van der Waals surface area contributed by atoms with Gasteiger partial charge >= 0.3 is 5.97 Å². The molecule has 344 valence electrons. The Morgan fingerprint density at radius 3 is 2.14 bits per heavy atom. The van der Waals surface area contributed by atoms with E-state index in [2.05, 4.69) is 15.1 Å². The third-order valence-corrected chi connectivity index (χ3v) is 17.5. The summed E-state index contributed by atoms with van der Waals surface area (Å²) in [6.45, 7) is 8.23. The van der Waals surface area contributed by atoms with Gasteiger partial charge in [0.25, 0.3) is 5.91 Å². The van der Waals surface area contributed by atoms with Crippen molar-refractivity contribution in [1.82, 2.24) is 28.9 Å². The first-order chi connectivity index (χ1) is 31.3. The summed E-state index contributed by atoms with van der Waals surface area (Å²) in [5.74, 6) is 0.368. The Bertz CT molecular complexity index is 2570. The zero-order valence-electron chi connectivity index (χ0n) is 38.9. The Kier molecular flexibility index (Phi) is 11.5. The van der Waals surface area contributed by atoms with Crippen LogP contribution >= 0.6 is 11.6 Å². The second-order valence-corrected chi connectivity index (χ2v) is 21.3. The van der Waals surface area contributed by atoms with Crippen LogP contribution in [0.1, 0.15) is 126 Å². The van der Waals surface area contributed by atoms with E-state index in [1.54, 1.807) is 12.2 Å². The van der Waals surface area contributed by atoms with Gasteiger partial charge in [0.2, 0.25) is 5.78 Å². The Balaban J connectivity index is 0.782. The Morgan fingerprint density at radius 2 is 1.42 bits per heavy atom. The summed E-state index contributed by atoms with van der Waals surface area (Å²) in [6, 6.07) is 11.6. The van der Waals surface area contributed by atoms with Crippen LogP contribution in [0.5, 0.6) is 0 Å². The molecule has 1 amide bonds. The first-order valence-electron chi connectivity index (χ1n) is 23.8. The Morgan fingerprint density at radius 1 is 0.785 bits per heavy atom. The number of carbonyl (C=O) groups excluding carboxylic acids is 3. The lowest BCUT2D eigenvalue weighted by Crippen LogP contribution is -2.39. The molecule has 2 aromatic heterocycles. The molecule has 1 N–H and O–H groups in total. The highest BCUT2D eigenvalue weighted by molar-refractivity contribution is 6.35. The summed E-state index contributed by atoms with van der Waals surface area (Å²) < 4.78 is 14.7. The molecule has 0 saturated heterocycles. The van der Waals surface area contributed by atoms with Gasteiger partial charge in [-0.3, -0.25) is 24.2 Å². The molecule has 6 aliphatic rings. The largest absolute Gasteiger partial charge is 0.469 e. The molecule has 2 aromatic carbocycles. The van der Waals surface area contributed by atoms with Crippen LogP contribution in [-0.2, 0) is 54.3 Å². The zero-order chi connectivity index (χ0) is 45.3. The summed E-state index contributed by atoms with van der Waals surface area (Å²) in [5.41, 5.74) is 8.88. The minimum absolute atomic E-state index is 0.0458. The van der Waals surface area contributed by atoms with E-state index in [4.69, 9.17) is 31.0 Å². The molecule has 4 bridgehead atoms. The lowest BCUT2D eigenvalue weighted by molar-refractivity contribution is -0.152. The number of aromatic nitrogens is 4. The van der Waals surface area contributed by atoms with Crippen molar-refractivity contribution in [1.29, 1.82) is 0 Å². The number of ketones is 1. The molecule has 10 rings (SSSR count). The van der Waals surface area contributed by atoms with Gasteiger partial charge in [0.05, 0.1) is 35.5 Å². The van der Waals surface area contributed by atoms with Crippen molar-refractivity contribution < 1.29 is 23.9 Å². The number of benzene rings is 2. The standard InChI is InChI=1S/C52H64ClN7O5/c1-34-36(9-7-11-38(34)56-47(62)46-55-39-28-59(25-14-42(39)58(46)3)27-24-49-16-18-51(30-49,19-17-49)33-64-4)37-10-6-8-35(44(37)53)12-13-43(61)45-54-40-29-60(26-15-41(40)57(45)2)32-50-20-22-52(31-50,23-21-50)48(63)65-5/h6-13H,14-33H2,1-5H3,(H,56,62). The highest BCUT2D eigenvalue weighted by atomic mass is 35.5. The van der Waals surface area contributed by atoms with Gasteiger partial charge in [-0.2, -0.15) is 0 Å². The van der Waals surface area contributed by atoms with Crippen molar-refractivity contribution in [3.05, 3.63) is 93.0 Å². The van der Waals surface area contributed by atoms with Crippen molar-refractivity contribution in [3.63, 3.8) is 0 Å². The fourth-order valence-corrected chi connectivity index (χ4v) is 13.8. The van der Waals surface area contributed by atoms with Gasteiger partial charge in [-0.25, -0.2) is 9.97 Å². The molecule has 13 heteroatoms. The number of amides is 1. The molecule has 0 atom stereocenters. The number of anilines is 1. The SMILES string of the molecule is COCC12CCC(CCN3CCc4c(nc(C(=O)Nc5cccc(-c6cccc(C=CC(=O)c7nc8c(n7C)CCN(CC79CCC(C(=O)OC)(CC7)C9)C8)c6Cl)c5C)n4C)C3)(CC1)C2. The maximum Gasteiger partial charge on any atom is 0.311 e. The summed E-state index contributed by atoms with van der Waals surface area (Å²) in [6.07, 6.45) is 17.6. The van der Waals surface area contributed by atoms with Crippen LogP contribution < -0.4 is 5.32 Å². The number of methoxy groups -OCH3 is 2. The molecule has 2 aliphatic heterocycles. The number of ether oxygens (including phenoxy) is 2. The van der Waals surface area contributed by atoms with Crippen LogP contribution in [0, 0.1) is 28.6 Å². The van der Waals surface area contributed by atoms with E-state index in [0.717, 1.165) is 124 Å². The first-order valence-corrected chi connectivity index (χ1v) is 24.2. The van der Waals surface area contributed by atoms with Crippen molar-refractivity contribution >= 4 is 41.0 Å². The number of nitrogens with zero attached hydrogens (tertiary/aromatic N) is 6. The lowest BCUT2D eigenvalue weighted by Gasteiger charge is -2.35. The first kappa shape index (κ1) is 44.2. The third-order valence-electron chi connectivity index (χ3n) is 17.1. The van der Waals surface area contributed by atoms with Crippen molar-refractivity contribution in [3.8, 4) is 11.1 Å². The molecular formula is C52H64ClN7O5. The predicted octanol–water partition coefficient (Wildman–Crippen LogP) is 8.76. The average Bonchev–Trinajstić information content (AvgIpc) is 4.17. The normalized spacial score (nSPS) is 27.1. The second-order valence-electron chi connectivity index (χ2n) is 20.9. The fourth-order valence-electron chi connectivity index (χ4n) is 13.5. The van der Waals surface area contributed by atoms with Crippen LogP contribution in [-0.4, -0.2) is 93.6 Å². The van der Waals surface area contributed by atoms with Crippen LogP contribution in [0.3, 0.4) is 0 Å². The average molecular weight is 903 g/mol. The highest BCUT2D eigenvalue weighted by Gasteiger charge is 2.59. The van der Waals surface area contributed by atoms with Crippen molar-refractivity contribution in [2.75, 3.05) is 52.3 Å². The summed E-state index contributed by atoms with van der Waals surface area (Å²) >= 11 is 7.12. The Hall–Kier alpha value is -4.62. The zero-order valence-corrected chi connectivity index (χ0v) is 39.6. The molecule has 4 heterocycles. The van der Waals surface area contributed by atoms with Gasteiger partial charge in [-0.15, -0.1) is 0 Å². The van der Waals surface area contributed by atoms with Crippen molar-refractivity contribution in [2.24, 2.45) is 35.8 Å². The molecular weight excluding hydrogens is 838 g/mol. The number of imidazole rings is 2. The molecule has 0 unspecified atom stereocenters. The van der Waals surface area contributed by atoms with E-state index in [1.165, 1.54) is 45.6 Å². The summed E-state index contributed by atoms with van der Waals surface area (Å²) in [5, 5.41) is 3.68. The Labute approximate surface area is 388 Å². The quantitative estimate of drug-likeness (QED) is 0.0752. The van der Waals surface area contributed by atoms with E-state index in [9.17, 15) is 14.4 Å². The predicted molar refractivity (Wildman–Crippen MR) is 252 cm³/mol. The minimum atomic E-state index is -0.302. The van der Waals surface area contributed by atoms with E-state index < -0.39 is 0 Å². The highest BCUT2D eigenvalue weighted by Crippen LogP contribution is 2.64. The maximum atomic E-state index is 13.9. The van der Waals surface area contributed by atoms with Gasteiger partial charge in [-0.1, -0.05) is 41.9 Å². The number of rotatable bonds is 14. The molecule has 12 nitrogen and oxygen atoms in total. The minimum Gasteiger partial charge on any atom is -0.469 e. The fraction of sp³-hybridized carbons (Fsp3) is 0.558. The van der Waals surface area contributed by atoms with Crippen LogP contribution in [0.25, 0.3) is 17.2 Å². The number of hydrogen-bond donors (Lipinski definition) is 1. The molecule has 65 heavy (non-hydrogen) atoms. The number of esters is 1. The number of halogens is 1. The molecule has 4 saturated carbocycles. The summed E-state index contributed by atoms with van der Waals surface area (Å²) in [7, 11) is 7.23. The van der Waals surface area contributed by atoms with Crippen LogP contribution in [0.15, 0.2) is 42.5 Å². The maximum absolute atomic E-state index is 13.9. The third kappa shape index (κ3) is 7.89. The number of hydrogen-bond acceptors (Lipinski definition) is 9. The van der Waals surface area contributed by atoms with E-state index in [-0.39, 0.29) is 28.5 Å². The topological polar surface area (TPSA) is 124 Å². The van der Waals surface area contributed by atoms with Crippen molar-refractivity contribution in [2.45, 2.75) is 103 Å². The van der Waals surface area contributed by atoms with E-state index in [0.29, 0.717) is 45.3 Å². The van der Waals surface area contributed by atoms with E-state index >= 15 is 0 Å². The molecule has 4 aromatic rings. The number of carbonyl (C=O) groups is 3. The van der Waals surface area contributed by atoms with Crippen LogP contribution in [0.4, 0.5) is 5.69 Å². The number of fused-ring (bicyclic) bond motifs is 6. The summed E-state index contributed by atoms with van der Waals surface area (Å²) in [4.78, 5) is 55.1. The molecule has 4 aliphatic carbocycles. The molecule has 0 radical (unpaired) electrons. The van der Waals surface area contributed by atoms with Gasteiger partial charge in [0.1, 0.15) is 0 Å². The number of nitrogens with one attached hydrogen (secondary N) is 1. The van der Waals surface area contributed by atoms with Gasteiger partial charge in [0.15, 0.2) is 11.6 Å². The monoisotopic (exact) mass is 901 g/mol.